The van der Waals surface area contributed by atoms with Crippen LogP contribution in [-0.4, -0.2) is 10.9 Å². The summed E-state index contributed by atoms with van der Waals surface area (Å²) in [6.07, 6.45) is 2.35. The molecule has 0 aliphatic carbocycles. The van der Waals surface area contributed by atoms with E-state index in [-0.39, 0.29) is 5.56 Å². The molecule has 0 aliphatic rings. The second-order valence-corrected chi connectivity index (χ2v) is 7.17. The largest absolute Gasteiger partial charge is 0.298 e. The Balaban J connectivity index is 1.69. The van der Waals surface area contributed by atoms with Crippen LogP contribution >= 0.6 is 27.3 Å². The van der Waals surface area contributed by atoms with Crippen LogP contribution in [0.2, 0.25) is 0 Å². The number of nitrogens with zero attached hydrogens (tertiary/aromatic N) is 2. The van der Waals surface area contributed by atoms with Gasteiger partial charge in [0.1, 0.15) is 5.82 Å². The summed E-state index contributed by atoms with van der Waals surface area (Å²) in [5.74, 6) is -0.903. The minimum absolute atomic E-state index is 0.212. The van der Waals surface area contributed by atoms with Gasteiger partial charge in [0, 0.05) is 22.0 Å². The topological polar surface area (TPSA) is 65.8 Å². The zero-order valence-electron chi connectivity index (χ0n) is 12.8. The quantitative estimate of drug-likeness (QED) is 0.667. The SMILES string of the molecule is N#Cc1ccc(Cc2cnc(NC(=O)c3cc(F)ccc3Br)s2)cc1. The second kappa shape index (κ2) is 7.55. The fourth-order valence-electron chi connectivity index (χ4n) is 2.18. The lowest BCUT2D eigenvalue weighted by Crippen LogP contribution is -2.12. The maximum atomic E-state index is 13.3. The summed E-state index contributed by atoms with van der Waals surface area (Å²) in [6, 6.07) is 13.3. The van der Waals surface area contributed by atoms with Crippen molar-refractivity contribution in [1.82, 2.24) is 4.98 Å². The van der Waals surface area contributed by atoms with Crippen LogP contribution in [0, 0.1) is 17.1 Å². The monoisotopic (exact) mass is 415 g/mol. The number of amides is 1. The Kier molecular flexibility index (Phi) is 5.22. The Morgan fingerprint density at radius 3 is 2.76 bits per heavy atom. The average Bonchev–Trinajstić information content (AvgIpc) is 3.04. The van der Waals surface area contributed by atoms with Crippen molar-refractivity contribution in [3.8, 4) is 6.07 Å². The van der Waals surface area contributed by atoms with Gasteiger partial charge in [0.2, 0.25) is 0 Å². The first-order valence-electron chi connectivity index (χ1n) is 7.25. The molecule has 1 N–H and O–H groups in total. The van der Waals surface area contributed by atoms with Crippen molar-refractivity contribution in [3.63, 3.8) is 0 Å². The molecule has 2 aromatic carbocycles. The van der Waals surface area contributed by atoms with Crippen molar-refractivity contribution in [1.29, 1.82) is 5.26 Å². The minimum atomic E-state index is -0.478. The number of anilines is 1. The molecule has 0 spiro atoms. The Labute approximate surface area is 156 Å². The molecule has 0 unspecified atom stereocenters. The molecular formula is C18H11BrFN3OS. The summed E-state index contributed by atoms with van der Waals surface area (Å²) in [5.41, 5.74) is 1.87. The highest BCUT2D eigenvalue weighted by Gasteiger charge is 2.13. The van der Waals surface area contributed by atoms with E-state index < -0.39 is 11.7 Å². The molecule has 124 valence electrons. The van der Waals surface area contributed by atoms with E-state index in [4.69, 9.17) is 5.26 Å². The van der Waals surface area contributed by atoms with Crippen molar-refractivity contribution >= 4 is 38.3 Å². The molecule has 0 aliphatic heterocycles. The Hall–Kier alpha value is -2.56. The van der Waals surface area contributed by atoms with Gasteiger partial charge in [-0.25, -0.2) is 9.37 Å². The van der Waals surface area contributed by atoms with Gasteiger partial charge in [-0.1, -0.05) is 12.1 Å². The fourth-order valence-corrected chi connectivity index (χ4v) is 3.45. The number of halogens is 2. The lowest BCUT2D eigenvalue weighted by atomic mass is 10.1. The number of carbonyl (C=O) groups excluding carboxylic acids is 1. The molecule has 1 aromatic heterocycles. The van der Waals surface area contributed by atoms with E-state index in [1.165, 1.54) is 29.5 Å². The summed E-state index contributed by atoms with van der Waals surface area (Å²) in [7, 11) is 0. The molecule has 3 aromatic rings. The normalized spacial score (nSPS) is 10.3. The molecule has 1 amide bonds. The number of rotatable bonds is 4. The van der Waals surface area contributed by atoms with E-state index in [1.54, 1.807) is 18.3 Å². The van der Waals surface area contributed by atoms with Gasteiger partial charge in [0.05, 0.1) is 17.2 Å². The average molecular weight is 416 g/mol. The summed E-state index contributed by atoms with van der Waals surface area (Å²) >= 11 is 4.59. The first-order chi connectivity index (χ1) is 12.0. The van der Waals surface area contributed by atoms with Gasteiger partial charge in [0.25, 0.3) is 5.91 Å². The Morgan fingerprint density at radius 1 is 1.28 bits per heavy atom. The zero-order valence-corrected chi connectivity index (χ0v) is 15.2. The molecule has 0 atom stereocenters. The smallest absolute Gasteiger partial charge is 0.258 e. The zero-order chi connectivity index (χ0) is 17.8. The summed E-state index contributed by atoms with van der Waals surface area (Å²) in [5, 5.41) is 11.9. The number of hydrogen-bond donors (Lipinski definition) is 1. The highest BCUT2D eigenvalue weighted by molar-refractivity contribution is 9.10. The summed E-state index contributed by atoms with van der Waals surface area (Å²) in [4.78, 5) is 17.4. The molecule has 3 rings (SSSR count). The molecule has 4 nitrogen and oxygen atoms in total. The second-order valence-electron chi connectivity index (χ2n) is 5.20. The number of benzene rings is 2. The third-order valence-corrected chi connectivity index (χ3v) is 5.01. The van der Waals surface area contributed by atoms with Crippen LogP contribution in [0.4, 0.5) is 9.52 Å². The maximum absolute atomic E-state index is 13.3. The van der Waals surface area contributed by atoms with E-state index in [1.807, 2.05) is 12.1 Å². The van der Waals surface area contributed by atoms with Gasteiger partial charge in [-0.05, 0) is 51.8 Å². The molecule has 7 heteroatoms. The van der Waals surface area contributed by atoms with E-state index in [2.05, 4.69) is 32.3 Å². The van der Waals surface area contributed by atoms with Gasteiger partial charge in [-0.15, -0.1) is 11.3 Å². The van der Waals surface area contributed by atoms with Crippen LogP contribution in [0.15, 0.2) is 53.1 Å². The first kappa shape index (κ1) is 17.3. The van der Waals surface area contributed by atoms with E-state index in [0.29, 0.717) is 21.6 Å². The van der Waals surface area contributed by atoms with Crippen LogP contribution in [0.1, 0.15) is 26.4 Å². The Bertz CT molecular complexity index is 963. The summed E-state index contributed by atoms with van der Waals surface area (Å²) < 4.78 is 13.8. The third kappa shape index (κ3) is 4.29. The van der Waals surface area contributed by atoms with E-state index >= 15 is 0 Å². The first-order valence-corrected chi connectivity index (χ1v) is 8.86. The van der Waals surface area contributed by atoms with Crippen LogP contribution in [0.3, 0.4) is 0 Å². The van der Waals surface area contributed by atoms with Gasteiger partial charge in [-0.2, -0.15) is 5.26 Å². The van der Waals surface area contributed by atoms with Crippen LogP contribution in [0.25, 0.3) is 0 Å². The van der Waals surface area contributed by atoms with Crippen molar-refractivity contribution in [2.24, 2.45) is 0 Å². The van der Waals surface area contributed by atoms with Crippen molar-refractivity contribution in [3.05, 3.63) is 80.5 Å². The number of nitrogens with one attached hydrogen (secondary N) is 1. The highest BCUT2D eigenvalue weighted by atomic mass is 79.9. The van der Waals surface area contributed by atoms with Gasteiger partial charge in [-0.3, -0.25) is 10.1 Å². The van der Waals surface area contributed by atoms with Crippen molar-refractivity contribution in [2.45, 2.75) is 6.42 Å². The van der Waals surface area contributed by atoms with Crippen LogP contribution in [-0.2, 0) is 6.42 Å². The number of hydrogen-bond acceptors (Lipinski definition) is 4. The standard InChI is InChI=1S/C18H11BrFN3OS/c19-16-6-5-13(20)8-15(16)17(24)23-18-22-10-14(25-18)7-11-1-3-12(9-21)4-2-11/h1-6,8,10H,7H2,(H,22,23,24). The van der Waals surface area contributed by atoms with Gasteiger partial charge >= 0.3 is 0 Å². The van der Waals surface area contributed by atoms with Crippen LogP contribution in [0.5, 0.6) is 0 Å². The molecule has 0 radical (unpaired) electrons. The minimum Gasteiger partial charge on any atom is -0.298 e. The predicted octanol–water partition coefficient (Wildman–Crippen LogP) is 4.76. The molecule has 25 heavy (non-hydrogen) atoms. The number of aromatic nitrogens is 1. The molecule has 0 fully saturated rings. The number of nitriles is 1. The third-order valence-electron chi connectivity index (χ3n) is 3.41. The van der Waals surface area contributed by atoms with Crippen molar-refractivity contribution < 1.29 is 9.18 Å². The molecule has 0 bridgehead atoms. The Morgan fingerprint density at radius 2 is 2.04 bits per heavy atom. The van der Waals surface area contributed by atoms with E-state index in [0.717, 1.165) is 10.4 Å². The van der Waals surface area contributed by atoms with E-state index in [9.17, 15) is 9.18 Å². The highest BCUT2D eigenvalue weighted by Crippen LogP contribution is 2.24. The fraction of sp³-hybridized carbons (Fsp3) is 0.0556. The molecular weight excluding hydrogens is 405 g/mol. The lowest BCUT2D eigenvalue weighted by molar-refractivity contribution is 0.102. The maximum Gasteiger partial charge on any atom is 0.258 e. The van der Waals surface area contributed by atoms with Crippen LogP contribution < -0.4 is 5.32 Å². The summed E-state index contributed by atoms with van der Waals surface area (Å²) in [6.45, 7) is 0. The lowest BCUT2D eigenvalue weighted by Gasteiger charge is -2.04. The number of carbonyl (C=O) groups is 1. The van der Waals surface area contributed by atoms with Crippen molar-refractivity contribution in [2.75, 3.05) is 5.32 Å². The molecule has 0 saturated heterocycles. The predicted molar refractivity (Wildman–Crippen MR) is 98.1 cm³/mol. The molecule has 0 saturated carbocycles. The number of thiazole rings is 1. The molecule has 1 heterocycles. The van der Waals surface area contributed by atoms with Gasteiger partial charge in [0.15, 0.2) is 5.13 Å². The van der Waals surface area contributed by atoms with Gasteiger partial charge < -0.3 is 0 Å².